The second kappa shape index (κ2) is 8.75. The van der Waals surface area contributed by atoms with Gasteiger partial charge in [-0.15, -0.1) is 0 Å². The Labute approximate surface area is 154 Å². The standard InChI is InChI=1S/C22H25FO3/c1-5-14(2)10-22(25)26-21-9-6-17(13-18(21)12-16(4)24)20-8-7-19(23)11-15(20)3/h6-9,11,13-14H,5,10,12H2,1-4H3. The van der Waals surface area contributed by atoms with Crippen LogP contribution in [-0.4, -0.2) is 11.8 Å². The van der Waals surface area contributed by atoms with Crippen LogP contribution in [0.5, 0.6) is 5.75 Å². The third kappa shape index (κ3) is 5.25. The van der Waals surface area contributed by atoms with Crippen LogP contribution in [0.15, 0.2) is 36.4 Å². The Morgan fingerprint density at radius 3 is 2.50 bits per heavy atom. The van der Waals surface area contributed by atoms with Crippen molar-refractivity contribution in [1.29, 1.82) is 0 Å². The lowest BCUT2D eigenvalue weighted by Crippen LogP contribution is -2.13. The largest absolute Gasteiger partial charge is 0.426 e. The fourth-order valence-electron chi connectivity index (χ4n) is 2.80. The quantitative estimate of drug-likeness (QED) is 0.501. The maximum atomic E-state index is 13.4. The molecule has 138 valence electrons. The van der Waals surface area contributed by atoms with E-state index in [2.05, 4.69) is 0 Å². The first-order chi connectivity index (χ1) is 12.3. The monoisotopic (exact) mass is 356 g/mol. The maximum Gasteiger partial charge on any atom is 0.311 e. The lowest BCUT2D eigenvalue weighted by atomic mass is 9.96. The zero-order valence-electron chi connectivity index (χ0n) is 15.8. The summed E-state index contributed by atoms with van der Waals surface area (Å²) in [6, 6.07) is 9.98. The normalized spacial score (nSPS) is 11.9. The molecule has 0 saturated heterocycles. The average molecular weight is 356 g/mol. The highest BCUT2D eigenvalue weighted by Crippen LogP contribution is 2.30. The molecule has 1 unspecified atom stereocenters. The van der Waals surface area contributed by atoms with E-state index in [-0.39, 0.29) is 29.9 Å². The molecule has 0 bridgehead atoms. The van der Waals surface area contributed by atoms with Crippen LogP contribution in [0.2, 0.25) is 0 Å². The van der Waals surface area contributed by atoms with Crippen LogP contribution >= 0.6 is 0 Å². The van der Waals surface area contributed by atoms with Crippen molar-refractivity contribution in [3.63, 3.8) is 0 Å². The first kappa shape index (κ1) is 19.8. The molecule has 0 radical (unpaired) electrons. The highest BCUT2D eigenvalue weighted by Gasteiger charge is 2.15. The number of ether oxygens (including phenoxy) is 1. The number of carbonyl (C=O) groups is 2. The second-order valence-corrected chi connectivity index (χ2v) is 6.85. The molecule has 4 heteroatoms. The van der Waals surface area contributed by atoms with E-state index >= 15 is 0 Å². The molecular weight excluding hydrogens is 331 g/mol. The number of rotatable bonds is 7. The third-order valence-electron chi connectivity index (χ3n) is 4.44. The van der Waals surface area contributed by atoms with E-state index in [4.69, 9.17) is 4.74 Å². The third-order valence-corrected chi connectivity index (χ3v) is 4.44. The first-order valence-electron chi connectivity index (χ1n) is 8.89. The topological polar surface area (TPSA) is 43.4 Å². The van der Waals surface area contributed by atoms with Crippen molar-refractivity contribution in [2.45, 2.75) is 47.0 Å². The fraction of sp³-hybridized carbons (Fsp3) is 0.364. The highest BCUT2D eigenvalue weighted by atomic mass is 19.1. The van der Waals surface area contributed by atoms with Gasteiger partial charge in [0.25, 0.3) is 0 Å². The average Bonchev–Trinajstić information content (AvgIpc) is 2.56. The predicted molar refractivity (Wildman–Crippen MR) is 101 cm³/mol. The number of hydrogen-bond donors (Lipinski definition) is 0. The Hall–Kier alpha value is -2.49. The molecule has 0 aliphatic rings. The summed E-state index contributed by atoms with van der Waals surface area (Å²) in [5, 5.41) is 0. The van der Waals surface area contributed by atoms with Gasteiger partial charge in [0.15, 0.2) is 0 Å². The number of benzene rings is 2. The first-order valence-corrected chi connectivity index (χ1v) is 8.89. The lowest BCUT2D eigenvalue weighted by molar-refractivity contribution is -0.135. The summed E-state index contributed by atoms with van der Waals surface area (Å²) in [4.78, 5) is 23.8. The number of aryl methyl sites for hydroxylation is 1. The van der Waals surface area contributed by atoms with Gasteiger partial charge in [-0.2, -0.15) is 0 Å². The van der Waals surface area contributed by atoms with Crippen LogP contribution in [0.3, 0.4) is 0 Å². The molecule has 0 N–H and O–H groups in total. The van der Waals surface area contributed by atoms with E-state index in [0.29, 0.717) is 17.7 Å². The van der Waals surface area contributed by atoms with Crippen LogP contribution in [0.1, 0.15) is 44.7 Å². The van der Waals surface area contributed by atoms with Gasteiger partial charge in [0.2, 0.25) is 0 Å². The minimum Gasteiger partial charge on any atom is -0.426 e. The molecule has 0 aliphatic heterocycles. The number of hydrogen-bond acceptors (Lipinski definition) is 3. The molecule has 2 aromatic rings. The van der Waals surface area contributed by atoms with Gasteiger partial charge in [-0.3, -0.25) is 9.59 Å². The lowest BCUT2D eigenvalue weighted by Gasteiger charge is -2.14. The zero-order valence-corrected chi connectivity index (χ0v) is 15.8. The van der Waals surface area contributed by atoms with Crippen molar-refractivity contribution in [2.75, 3.05) is 0 Å². The predicted octanol–water partition coefficient (Wildman–Crippen LogP) is 5.27. The van der Waals surface area contributed by atoms with Gasteiger partial charge in [0.05, 0.1) is 0 Å². The second-order valence-electron chi connectivity index (χ2n) is 6.85. The molecule has 0 aromatic heterocycles. The molecule has 2 aromatic carbocycles. The van der Waals surface area contributed by atoms with Gasteiger partial charge in [-0.05, 0) is 60.7 Å². The van der Waals surface area contributed by atoms with Crippen molar-refractivity contribution in [3.05, 3.63) is 53.3 Å². The van der Waals surface area contributed by atoms with E-state index in [9.17, 15) is 14.0 Å². The van der Waals surface area contributed by atoms with Crippen molar-refractivity contribution in [3.8, 4) is 16.9 Å². The van der Waals surface area contributed by atoms with E-state index in [1.807, 2.05) is 32.9 Å². The van der Waals surface area contributed by atoms with Gasteiger partial charge in [0, 0.05) is 18.4 Å². The number of esters is 1. The number of Topliss-reactive ketones (excluding diaryl/α,β-unsaturated/α-hetero) is 1. The molecule has 0 spiro atoms. The van der Waals surface area contributed by atoms with Gasteiger partial charge in [-0.25, -0.2) is 4.39 Å². The molecule has 2 rings (SSSR count). The van der Waals surface area contributed by atoms with Gasteiger partial charge < -0.3 is 4.74 Å². The SMILES string of the molecule is CCC(C)CC(=O)Oc1ccc(-c2ccc(F)cc2C)cc1CC(C)=O. The van der Waals surface area contributed by atoms with Gasteiger partial charge in [-0.1, -0.05) is 32.4 Å². The summed E-state index contributed by atoms with van der Waals surface area (Å²) in [5.74, 6) is 0.0646. The Balaban J connectivity index is 2.35. The molecule has 0 heterocycles. The van der Waals surface area contributed by atoms with Crippen molar-refractivity contribution >= 4 is 11.8 Å². The summed E-state index contributed by atoms with van der Waals surface area (Å²) >= 11 is 0. The summed E-state index contributed by atoms with van der Waals surface area (Å²) < 4.78 is 18.9. The number of ketones is 1. The molecule has 0 saturated carbocycles. The number of halogens is 1. The maximum absolute atomic E-state index is 13.4. The summed E-state index contributed by atoms with van der Waals surface area (Å²) in [6.45, 7) is 7.36. The van der Waals surface area contributed by atoms with E-state index in [1.165, 1.54) is 19.1 Å². The molecular formula is C22H25FO3. The van der Waals surface area contributed by atoms with Crippen LogP contribution in [0.4, 0.5) is 4.39 Å². The molecule has 3 nitrogen and oxygen atoms in total. The molecule has 1 atom stereocenters. The Morgan fingerprint density at radius 1 is 1.15 bits per heavy atom. The Morgan fingerprint density at radius 2 is 1.88 bits per heavy atom. The van der Waals surface area contributed by atoms with Crippen molar-refractivity contribution in [2.24, 2.45) is 5.92 Å². The summed E-state index contributed by atoms with van der Waals surface area (Å²) in [7, 11) is 0. The van der Waals surface area contributed by atoms with E-state index in [1.54, 1.807) is 12.1 Å². The van der Waals surface area contributed by atoms with Crippen LogP contribution in [0.25, 0.3) is 11.1 Å². The summed E-state index contributed by atoms with van der Waals surface area (Å²) in [5.41, 5.74) is 3.21. The molecule has 0 fully saturated rings. The minimum atomic E-state index is -0.296. The van der Waals surface area contributed by atoms with Crippen molar-refractivity contribution < 1.29 is 18.7 Å². The molecule has 26 heavy (non-hydrogen) atoms. The molecule has 0 amide bonds. The fourth-order valence-corrected chi connectivity index (χ4v) is 2.80. The van der Waals surface area contributed by atoms with E-state index < -0.39 is 0 Å². The Kier molecular flexibility index (Phi) is 6.67. The van der Waals surface area contributed by atoms with Crippen LogP contribution in [0, 0.1) is 18.7 Å². The van der Waals surface area contributed by atoms with Gasteiger partial charge in [0.1, 0.15) is 17.3 Å². The zero-order chi connectivity index (χ0) is 19.3. The molecule has 0 aliphatic carbocycles. The van der Waals surface area contributed by atoms with E-state index in [0.717, 1.165) is 23.1 Å². The smallest absolute Gasteiger partial charge is 0.311 e. The summed E-state index contributed by atoms with van der Waals surface area (Å²) in [6.07, 6.45) is 1.42. The minimum absolute atomic E-state index is 0.0165. The highest BCUT2D eigenvalue weighted by molar-refractivity contribution is 5.81. The van der Waals surface area contributed by atoms with Crippen molar-refractivity contribution in [1.82, 2.24) is 0 Å². The van der Waals surface area contributed by atoms with Crippen LogP contribution < -0.4 is 4.74 Å². The number of carbonyl (C=O) groups excluding carboxylic acids is 2. The van der Waals surface area contributed by atoms with Crippen LogP contribution in [-0.2, 0) is 16.0 Å². The Bertz CT molecular complexity index is 811. The van der Waals surface area contributed by atoms with Gasteiger partial charge >= 0.3 is 5.97 Å².